The van der Waals surface area contributed by atoms with Gasteiger partial charge in [-0.1, -0.05) is 0 Å². The third kappa shape index (κ3) is 4.64. The van der Waals surface area contributed by atoms with Gasteiger partial charge in [0.2, 0.25) is 10.0 Å². The molecule has 0 heterocycles. The number of esters is 1. The Balaban J connectivity index is 1.69. The lowest BCUT2D eigenvalue weighted by Crippen LogP contribution is -2.36. The molecule has 1 aromatic carbocycles. The summed E-state index contributed by atoms with van der Waals surface area (Å²) in [5.74, 6) is -1.15. The molecule has 1 aromatic rings. The number of hydrogen-bond donors (Lipinski definition) is 0. The second-order valence-electron chi connectivity index (χ2n) is 6.69. The van der Waals surface area contributed by atoms with Crippen LogP contribution in [0.4, 0.5) is 0 Å². The Bertz CT molecular complexity index is 886. The number of carbonyl (C=O) groups excluding carboxylic acids is 1. The maximum Gasteiger partial charge on any atom is 0.339 e. The van der Waals surface area contributed by atoms with Crippen molar-refractivity contribution in [3.05, 3.63) is 28.4 Å². The maximum atomic E-state index is 12.6. The third-order valence-corrected chi connectivity index (χ3v) is 9.02. The molecule has 26 heavy (non-hydrogen) atoms. The molecule has 10 heteroatoms. The summed E-state index contributed by atoms with van der Waals surface area (Å²) >= 11 is 6.51. The van der Waals surface area contributed by atoms with Crippen molar-refractivity contribution >= 4 is 89.7 Å². The summed E-state index contributed by atoms with van der Waals surface area (Å²) in [7, 11) is -3.67. The van der Waals surface area contributed by atoms with Crippen LogP contribution in [0.2, 0.25) is 0 Å². The fourth-order valence-corrected chi connectivity index (χ4v) is 6.64. The molecule has 2 saturated carbocycles. The lowest BCUT2D eigenvalue weighted by molar-refractivity contribution is -0.225. The van der Waals surface area contributed by atoms with Crippen molar-refractivity contribution in [2.45, 2.75) is 25.4 Å². The normalized spacial score (nSPS) is 28.4. The number of carbonyl (C=O) groups is 1. The van der Waals surface area contributed by atoms with Gasteiger partial charge in [-0.25, -0.2) is 13.2 Å². The van der Waals surface area contributed by atoms with Gasteiger partial charge in [0, 0.05) is 10.7 Å². The highest BCUT2D eigenvalue weighted by Gasteiger charge is 2.48. The summed E-state index contributed by atoms with van der Waals surface area (Å²) in [6, 6.07) is 3.82. The zero-order valence-electron chi connectivity index (χ0n) is 13.6. The van der Waals surface area contributed by atoms with Crippen LogP contribution in [0, 0.1) is 28.5 Å². The topological polar surface area (TPSA) is 95.9 Å². The number of halogens is 3. The molecule has 0 N–H and O–H groups in total. The Morgan fingerprint density at radius 1 is 1.19 bits per heavy atom. The highest BCUT2D eigenvalue weighted by Crippen LogP contribution is 2.50. The van der Waals surface area contributed by atoms with Crippen molar-refractivity contribution in [3.8, 4) is 0 Å². The van der Waals surface area contributed by atoms with Gasteiger partial charge in [0.15, 0.2) is 0 Å². The van der Waals surface area contributed by atoms with Crippen LogP contribution < -0.4 is 5.11 Å². The highest BCUT2D eigenvalue weighted by molar-refractivity contribution is 14.1. The SMILES string of the molecule is CS(=O)(=O)/N=C(/[O-])C1CC2CC1CC2OC(=O)c1cc(I)cc(I)c1I. The molecule has 4 atom stereocenters. The quantitative estimate of drug-likeness (QED) is 0.157. The molecule has 4 unspecified atom stereocenters. The minimum Gasteiger partial charge on any atom is -0.861 e. The molecule has 2 aliphatic rings. The second-order valence-corrected chi connectivity index (χ2v) is 11.8. The standard InChI is InChI=1S/C16H16I3NO5S/c1-26(23,24)20-15(21)10-3-8-2-7(10)4-13(8)25-16(22)11-5-9(17)6-12(18)14(11)19/h5-8,10,13H,2-4H2,1H3,(H,20,21)/p-1. The summed E-state index contributed by atoms with van der Waals surface area (Å²) in [4.78, 5) is 12.6. The summed E-state index contributed by atoms with van der Waals surface area (Å²) in [6.07, 6.45) is 2.59. The van der Waals surface area contributed by atoms with E-state index in [0.29, 0.717) is 18.4 Å². The van der Waals surface area contributed by atoms with Crippen molar-refractivity contribution in [2.75, 3.05) is 6.26 Å². The lowest BCUT2D eigenvalue weighted by atomic mass is 9.87. The largest absolute Gasteiger partial charge is 0.861 e. The summed E-state index contributed by atoms with van der Waals surface area (Å²) < 4.78 is 34.3. The molecule has 0 saturated heterocycles. The monoisotopic (exact) mass is 714 g/mol. The van der Waals surface area contributed by atoms with Crippen LogP contribution >= 0.6 is 67.8 Å². The molecule has 0 aromatic heterocycles. The molecule has 0 amide bonds. The van der Waals surface area contributed by atoms with Gasteiger partial charge in [-0.15, -0.1) is 0 Å². The van der Waals surface area contributed by atoms with Crippen molar-refractivity contribution in [2.24, 2.45) is 22.2 Å². The zero-order valence-corrected chi connectivity index (χ0v) is 20.9. The first-order chi connectivity index (χ1) is 12.0. The molecule has 3 rings (SSSR count). The predicted molar refractivity (Wildman–Crippen MR) is 120 cm³/mol. The van der Waals surface area contributed by atoms with Gasteiger partial charge in [0.25, 0.3) is 0 Å². The average Bonchev–Trinajstić information content (AvgIpc) is 3.09. The first-order valence-corrected chi connectivity index (χ1v) is 13.0. The molecular weight excluding hydrogens is 699 g/mol. The summed E-state index contributed by atoms with van der Waals surface area (Å²) in [5, 5.41) is 12.1. The van der Waals surface area contributed by atoms with Crippen LogP contribution in [0.3, 0.4) is 0 Å². The van der Waals surface area contributed by atoms with Gasteiger partial charge in [-0.2, -0.15) is 4.40 Å². The number of fused-ring (bicyclic) bond motifs is 2. The number of benzene rings is 1. The van der Waals surface area contributed by atoms with E-state index in [9.17, 15) is 18.3 Å². The number of rotatable bonds is 4. The fraction of sp³-hybridized carbons (Fsp3) is 0.500. The van der Waals surface area contributed by atoms with E-state index < -0.39 is 15.9 Å². The van der Waals surface area contributed by atoms with Crippen molar-refractivity contribution < 1.29 is 23.1 Å². The van der Waals surface area contributed by atoms with Crippen molar-refractivity contribution in [1.82, 2.24) is 0 Å². The molecule has 0 radical (unpaired) electrons. The van der Waals surface area contributed by atoms with E-state index in [2.05, 4.69) is 72.2 Å². The second kappa shape index (κ2) is 7.97. The van der Waals surface area contributed by atoms with Crippen molar-refractivity contribution in [1.29, 1.82) is 0 Å². The molecule has 2 aliphatic carbocycles. The minimum atomic E-state index is -3.67. The third-order valence-electron chi connectivity index (χ3n) is 4.84. The number of nitrogens with zero attached hydrogens (tertiary/aromatic N) is 1. The number of hydrogen-bond acceptors (Lipinski definition) is 5. The molecular formula is C16H15I3NO5S-. The van der Waals surface area contributed by atoms with Gasteiger partial charge < -0.3 is 9.84 Å². The van der Waals surface area contributed by atoms with Crippen LogP contribution in [0.25, 0.3) is 0 Å². The zero-order chi connectivity index (χ0) is 19.2. The highest BCUT2D eigenvalue weighted by atomic mass is 127. The summed E-state index contributed by atoms with van der Waals surface area (Å²) in [6.45, 7) is 0. The van der Waals surface area contributed by atoms with Crippen molar-refractivity contribution in [3.63, 3.8) is 0 Å². The minimum absolute atomic E-state index is 0.0333. The molecule has 2 bridgehead atoms. The number of sulfonamides is 1. The van der Waals surface area contributed by atoms with E-state index in [1.807, 2.05) is 12.1 Å². The van der Waals surface area contributed by atoms with E-state index in [1.54, 1.807) is 0 Å². The molecule has 2 fully saturated rings. The Labute approximate surface area is 193 Å². The van der Waals surface area contributed by atoms with Gasteiger partial charge in [-0.05, 0) is 123 Å². The van der Waals surface area contributed by atoms with Crippen LogP contribution in [0.5, 0.6) is 0 Å². The Kier molecular flexibility index (Phi) is 6.44. The van der Waals surface area contributed by atoms with E-state index in [-0.39, 0.29) is 29.8 Å². The predicted octanol–water partition coefficient (Wildman–Crippen LogP) is 2.79. The van der Waals surface area contributed by atoms with E-state index in [0.717, 1.165) is 23.4 Å². The van der Waals surface area contributed by atoms with Gasteiger partial charge in [-0.3, -0.25) is 0 Å². The van der Waals surface area contributed by atoms with Crippen LogP contribution in [0.15, 0.2) is 16.5 Å². The molecule has 0 spiro atoms. The maximum absolute atomic E-state index is 12.6. The summed E-state index contributed by atoms with van der Waals surface area (Å²) in [5.41, 5.74) is 0.560. The van der Waals surface area contributed by atoms with Gasteiger partial charge in [0.1, 0.15) is 6.10 Å². The van der Waals surface area contributed by atoms with Crippen LogP contribution in [-0.2, 0) is 14.8 Å². The average molecular weight is 714 g/mol. The Hall–Kier alpha value is 0.300. The van der Waals surface area contributed by atoms with Crippen LogP contribution in [0.1, 0.15) is 29.6 Å². The number of ether oxygens (including phenoxy) is 1. The van der Waals surface area contributed by atoms with Gasteiger partial charge >= 0.3 is 5.97 Å². The molecule has 142 valence electrons. The van der Waals surface area contributed by atoms with E-state index in [4.69, 9.17) is 4.74 Å². The Morgan fingerprint density at radius 2 is 1.88 bits per heavy atom. The molecule has 0 aliphatic heterocycles. The van der Waals surface area contributed by atoms with E-state index in [1.165, 1.54) is 0 Å². The first-order valence-electron chi connectivity index (χ1n) is 7.87. The fourth-order valence-electron chi connectivity index (χ4n) is 3.81. The lowest BCUT2D eigenvalue weighted by Gasteiger charge is -2.30. The smallest absolute Gasteiger partial charge is 0.339 e. The van der Waals surface area contributed by atoms with Crippen LogP contribution in [-0.4, -0.2) is 32.6 Å². The first kappa shape index (κ1) is 21.0. The van der Waals surface area contributed by atoms with E-state index >= 15 is 0 Å². The Morgan fingerprint density at radius 3 is 2.46 bits per heavy atom. The van der Waals surface area contributed by atoms with Gasteiger partial charge in [0.05, 0.1) is 11.8 Å². The molecule has 6 nitrogen and oxygen atoms in total.